The number of nitrogens with zero attached hydrogens (tertiary/aromatic N) is 2. The molecule has 0 radical (unpaired) electrons. The number of nitro benzene ring substituents is 1. The standard InChI is InChI=1S/C24H27N3O6S/c1-4-21(26(34(3,31)32)22-16-19(27(29)30)13-12-17(22)2)24(28)25-14-15-33-23-11-7-9-18-8-5-6-10-20(18)23/h5-13,16,21H,4,14-15H2,1-3H3,(H,25,28)/t21-/m1/s1. The molecule has 9 nitrogen and oxygen atoms in total. The SMILES string of the molecule is CC[C@H](C(=O)NCCOc1cccc2ccccc12)N(c1cc([N+](=O)[O-])ccc1C)S(C)(=O)=O. The van der Waals surface area contributed by atoms with Crippen LogP contribution < -0.4 is 14.4 Å². The number of carbonyl (C=O) groups is 1. The zero-order chi connectivity index (χ0) is 24.9. The number of nitrogens with one attached hydrogen (secondary N) is 1. The van der Waals surface area contributed by atoms with Crippen molar-refractivity contribution in [2.75, 3.05) is 23.7 Å². The summed E-state index contributed by atoms with van der Waals surface area (Å²) in [5.74, 6) is 0.171. The zero-order valence-electron chi connectivity index (χ0n) is 19.2. The average molecular weight is 486 g/mol. The number of non-ortho nitro benzene ring substituents is 1. The van der Waals surface area contributed by atoms with Crippen LogP contribution in [0.3, 0.4) is 0 Å². The van der Waals surface area contributed by atoms with Crippen molar-refractivity contribution in [3.8, 4) is 5.75 Å². The summed E-state index contributed by atoms with van der Waals surface area (Å²) in [5.41, 5.74) is 0.347. The topological polar surface area (TPSA) is 119 Å². The molecule has 3 rings (SSSR count). The number of hydrogen-bond acceptors (Lipinski definition) is 6. The van der Waals surface area contributed by atoms with Crippen LogP contribution in [0.1, 0.15) is 18.9 Å². The number of amides is 1. The highest BCUT2D eigenvalue weighted by molar-refractivity contribution is 7.92. The van der Waals surface area contributed by atoms with Gasteiger partial charge in [0.25, 0.3) is 5.69 Å². The molecule has 0 fully saturated rings. The summed E-state index contributed by atoms with van der Waals surface area (Å²) >= 11 is 0. The Bertz CT molecular complexity index is 1300. The van der Waals surface area contributed by atoms with Crippen molar-refractivity contribution in [2.24, 2.45) is 0 Å². The van der Waals surface area contributed by atoms with Crippen LogP contribution in [0.4, 0.5) is 11.4 Å². The summed E-state index contributed by atoms with van der Waals surface area (Å²) in [4.78, 5) is 23.6. The van der Waals surface area contributed by atoms with Crippen molar-refractivity contribution in [1.29, 1.82) is 0 Å². The molecule has 0 aliphatic carbocycles. The molecule has 0 saturated heterocycles. The molecule has 0 spiro atoms. The van der Waals surface area contributed by atoms with E-state index in [0.29, 0.717) is 11.3 Å². The number of nitro groups is 1. The van der Waals surface area contributed by atoms with Gasteiger partial charge in [-0.2, -0.15) is 0 Å². The van der Waals surface area contributed by atoms with Gasteiger partial charge in [0.2, 0.25) is 15.9 Å². The molecule has 0 aliphatic heterocycles. The Kier molecular flexibility index (Phi) is 7.72. The second-order valence-electron chi connectivity index (χ2n) is 7.83. The molecule has 0 bridgehead atoms. The van der Waals surface area contributed by atoms with E-state index in [0.717, 1.165) is 21.3 Å². The van der Waals surface area contributed by atoms with Crippen LogP contribution in [0, 0.1) is 17.0 Å². The Balaban J connectivity index is 1.75. The normalized spacial score (nSPS) is 12.2. The van der Waals surface area contributed by atoms with Crippen LogP contribution in [-0.4, -0.2) is 44.7 Å². The Hall–Kier alpha value is -3.66. The molecule has 0 saturated carbocycles. The molecule has 180 valence electrons. The van der Waals surface area contributed by atoms with E-state index in [1.54, 1.807) is 13.8 Å². The van der Waals surface area contributed by atoms with E-state index in [1.165, 1.54) is 18.2 Å². The Morgan fingerprint density at radius 2 is 1.85 bits per heavy atom. The van der Waals surface area contributed by atoms with Crippen molar-refractivity contribution in [3.63, 3.8) is 0 Å². The van der Waals surface area contributed by atoms with E-state index >= 15 is 0 Å². The molecule has 1 amide bonds. The predicted octanol–water partition coefficient (Wildman–Crippen LogP) is 3.80. The molecule has 1 atom stereocenters. The van der Waals surface area contributed by atoms with Gasteiger partial charge in [0, 0.05) is 17.5 Å². The van der Waals surface area contributed by atoms with Crippen molar-refractivity contribution in [2.45, 2.75) is 26.3 Å². The fourth-order valence-corrected chi connectivity index (χ4v) is 5.02. The van der Waals surface area contributed by atoms with Crippen LogP contribution in [0.25, 0.3) is 10.8 Å². The first-order valence-corrected chi connectivity index (χ1v) is 12.6. The largest absolute Gasteiger partial charge is 0.491 e. The van der Waals surface area contributed by atoms with E-state index in [2.05, 4.69) is 5.32 Å². The van der Waals surface area contributed by atoms with Crippen LogP contribution in [-0.2, 0) is 14.8 Å². The molecule has 0 aliphatic rings. The first-order chi connectivity index (χ1) is 16.1. The van der Waals surface area contributed by atoms with E-state index < -0.39 is 26.9 Å². The van der Waals surface area contributed by atoms with Crippen LogP contribution in [0.2, 0.25) is 0 Å². The van der Waals surface area contributed by atoms with Gasteiger partial charge in [0.05, 0.1) is 23.4 Å². The Morgan fingerprint density at radius 3 is 2.53 bits per heavy atom. The van der Waals surface area contributed by atoms with Gasteiger partial charge in [-0.05, 0) is 30.4 Å². The number of benzene rings is 3. The van der Waals surface area contributed by atoms with Gasteiger partial charge in [0.15, 0.2) is 0 Å². The van der Waals surface area contributed by atoms with Crippen molar-refractivity contribution < 1.29 is 22.9 Å². The van der Waals surface area contributed by atoms with E-state index in [-0.39, 0.29) is 30.9 Å². The fraction of sp³-hybridized carbons (Fsp3) is 0.292. The van der Waals surface area contributed by atoms with Gasteiger partial charge < -0.3 is 10.1 Å². The third-order valence-corrected chi connectivity index (χ3v) is 6.54. The fourth-order valence-electron chi connectivity index (χ4n) is 3.76. The third kappa shape index (κ3) is 5.63. The maximum absolute atomic E-state index is 13.0. The highest BCUT2D eigenvalue weighted by Crippen LogP contribution is 2.30. The van der Waals surface area contributed by atoms with Gasteiger partial charge in [0.1, 0.15) is 18.4 Å². The number of rotatable bonds is 10. The van der Waals surface area contributed by atoms with E-state index in [9.17, 15) is 23.3 Å². The minimum Gasteiger partial charge on any atom is -0.491 e. The summed E-state index contributed by atoms with van der Waals surface area (Å²) in [5, 5.41) is 15.9. The highest BCUT2D eigenvalue weighted by atomic mass is 32.2. The number of anilines is 1. The molecular formula is C24H27N3O6S. The van der Waals surface area contributed by atoms with Crippen LogP contribution >= 0.6 is 0 Å². The number of hydrogen-bond donors (Lipinski definition) is 1. The van der Waals surface area contributed by atoms with E-state index in [1.807, 2.05) is 42.5 Å². The van der Waals surface area contributed by atoms with Gasteiger partial charge in [-0.3, -0.25) is 19.2 Å². The second kappa shape index (κ2) is 10.5. The summed E-state index contributed by atoms with van der Waals surface area (Å²) in [6, 6.07) is 16.3. The number of sulfonamides is 1. The summed E-state index contributed by atoms with van der Waals surface area (Å²) in [6.45, 7) is 3.66. The summed E-state index contributed by atoms with van der Waals surface area (Å²) < 4.78 is 32.1. The maximum Gasteiger partial charge on any atom is 0.271 e. The maximum atomic E-state index is 13.0. The lowest BCUT2D eigenvalue weighted by Gasteiger charge is -2.31. The van der Waals surface area contributed by atoms with Gasteiger partial charge >= 0.3 is 0 Å². The summed E-state index contributed by atoms with van der Waals surface area (Å²) in [7, 11) is -3.92. The van der Waals surface area contributed by atoms with Crippen molar-refractivity contribution >= 4 is 38.1 Å². The summed E-state index contributed by atoms with van der Waals surface area (Å²) in [6.07, 6.45) is 1.15. The molecule has 0 unspecified atom stereocenters. The second-order valence-corrected chi connectivity index (χ2v) is 9.69. The molecule has 34 heavy (non-hydrogen) atoms. The molecular weight excluding hydrogens is 458 g/mol. The van der Waals surface area contributed by atoms with Gasteiger partial charge in [-0.1, -0.05) is 49.4 Å². The Morgan fingerprint density at radius 1 is 1.15 bits per heavy atom. The van der Waals surface area contributed by atoms with Crippen LogP contribution in [0.5, 0.6) is 5.75 Å². The molecule has 0 aromatic heterocycles. The lowest BCUT2D eigenvalue weighted by Crippen LogP contribution is -2.50. The van der Waals surface area contributed by atoms with Crippen molar-refractivity contribution in [3.05, 3.63) is 76.3 Å². The highest BCUT2D eigenvalue weighted by Gasteiger charge is 2.33. The molecule has 3 aromatic rings. The average Bonchev–Trinajstić information content (AvgIpc) is 2.79. The first kappa shape index (κ1) is 25.0. The Labute approximate surface area is 198 Å². The predicted molar refractivity (Wildman–Crippen MR) is 132 cm³/mol. The lowest BCUT2D eigenvalue weighted by atomic mass is 10.1. The lowest BCUT2D eigenvalue weighted by molar-refractivity contribution is -0.384. The quantitative estimate of drug-likeness (QED) is 0.265. The minimum absolute atomic E-state index is 0.103. The van der Waals surface area contributed by atoms with Crippen LogP contribution in [0.15, 0.2) is 60.7 Å². The third-order valence-electron chi connectivity index (χ3n) is 5.38. The molecule has 10 heteroatoms. The monoisotopic (exact) mass is 485 g/mol. The zero-order valence-corrected chi connectivity index (χ0v) is 20.0. The van der Waals surface area contributed by atoms with Crippen molar-refractivity contribution in [1.82, 2.24) is 5.32 Å². The number of carbonyl (C=O) groups excluding carboxylic acids is 1. The van der Waals surface area contributed by atoms with Gasteiger partial charge in [-0.15, -0.1) is 0 Å². The molecule has 3 aromatic carbocycles. The number of fused-ring (bicyclic) bond motifs is 1. The smallest absolute Gasteiger partial charge is 0.271 e. The minimum atomic E-state index is -3.92. The number of ether oxygens (including phenoxy) is 1. The number of aryl methyl sites for hydroxylation is 1. The first-order valence-electron chi connectivity index (χ1n) is 10.8. The van der Waals surface area contributed by atoms with E-state index in [4.69, 9.17) is 4.74 Å². The molecule has 1 N–H and O–H groups in total. The molecule has 0 heterocycles. The van der Waals surface area contributed by atoms with Gasteiger partial charge in [-0.25, -0.2) is 8.42 Å².